The first-order valence-corrected chi connectivity index (χ1v) is 8.71. The Labute approximate surface area is 128 Å². The van der Waals surface area contributed by atoms with E-state index in [2.05, 4.69) is 4.90 Å². The summed E-state index contributed by atoms with van der Waals surface area (Å²) in [6.07, 6.45) is 5.16. The maximum atomic E-state index is 12.4. The van der Waals surface area contributed by atoms with Gasteiger partial charge in [-0.15, -0.1) is 11.3 Å². The van der Waals surface area contributed by atoms with Crippen LogP contribution in [0.15, 0.2) is 0 Å². The Morgan fingerprint density at radius 2 is 2.10 bits per heavy atom. The second-order valence-corrected chi connectivity index (χ2v) is 8.14. The molecule has 0 amide bonds. The fourth-order valence-corrected chi connectivity index (χ4v) is 4.63. The number of aliphatic hydroxyl groups is 1. The Morgan fingerprint density at radius 1 is 1.38 bits per heavy atom. The third kappa shape index (κ3) is 2.36. The molecule has 5 heteroatoms. The molecule has 1 aromatic rings. The number of hydrogen-bond acceptors (Lipinski definition) is 5. The number of nitrogen functional groups attached to an aromatic ring is 1. The number of nitrogens with two attached hydrogens (primary N) is 1. The Morgan fingerprint density at radius 3 is 2.62 bits per heavy atom. The number of hydrogen-bond donors (Lipinski definition) is 2. The van der Waals surface area contributed by atoms with Crippen molar-refractivity contribution in [2.24, 2.45) is 5.92 Å². The van der Waals surface area contributed by atoms with Gasteiger partial charge in [-0.25, -0.2) is 0 Å². The molecule has 0 spiro atoms. The minimum Gasteiger partial charge on any atom is -0.397 e. The van der Waals surface area contributed by atoms with Gasteiger partial charge in [-0.2, -0.15) is 0 Å². The molecule has 1 aromatic heterocycles. The Kier molecular flexibility index (Phi) is 2.89. The van der Waals surface area contributed by atoms with Crippen LogP contribution in [0.2, 0.25) is 0 Å². The minimum atomic E-state index is -0.625. The molecule has 2 saturated carbocycles. The van der Waals surface area contributed by atoms with Crippen LogP contribution in [-0.4, -0.2) is 29.6 Å². The topological polar surface area (TPSA) is 66.6 Å². The lowest BCUT2D eigenvalue weighted by Crippen LogP contribution is -2.29. The molecule has 1 atom stereocenters. The molecule has 2 aliphatic carbocycles. The molecule has 0 radical (unpaired) electrons. The van der Waals surface area contributed by atoms with Crippen molar-refractivity contribution in [1.82, 2.24) is 0 Å². The van der Waals surface area contributed by atoms with Crippen LogP contribution in [-0.2, 0) is 0 Å². The molecule has 2 heterocycles. The largest absolute Gasteiger partial charge is 0.397 e. The molecule has 3 aliphatic rings. The van der Waals surface area contributed by atoms with Crippen molar-refractivity contribution in [3.8, 4) is 0 Å². The first kappa shape index (κ1) is 13.6. The Bertz CT molecular complexity index is 600. The second-order valence-electron chi connectivity index (χ2n) is 7.14. The highest BCUT2D eigenvalue weighted by Gasteiger charge is 2.40. The molecule has 114 valence electrons. The first-order valence-electron chi connectivity index (χ1n) is 7.90. The Balaban J connectivity index is 1.72. The van der Waals surface area contributed by atoms with E-state index in [9.17, 15) is 9.90 Å². The van der Waals surface area contributed by atoms with E-state index in [1.165, 1.54) is 18.4 Å². The van der Waals surface area contributed by atoms with Gasteiger partial charge in [0.25, 0.3) is 0 Å². The number of Topliss-reactive ketones (excluding diaryl/α,β-unsaturated/α-hetero) is 1. The van der Waals surface area contributed by atoms with Crippen LogP contribution in [0.3, 0.4) is 0 Å². The maximum absolute atomic E-state index is 12.4. The van der Waals surface area contributed by atoms with Gasteiger partial charge in [0.15, 0.2) is 5.78 Å². The lowest BCUT2D eigenvalue weighted by atomic mass is 10.1. The van der Waals surface area contributed by atoms with Crippen LogP contribution in [0, 0.1) is 5.92 Å². The minimum absolute atomic E-state index is 0.215. The second kappa shape index (κ2) is 4.46. The van der Waals surface area contributed by atoms with E-state index in [1.54, 1.807) is 11.3 Å². The van der Waals surface area contributed by atoms with Crippen LogP contribution < -0.4 is 10.6 Å². The molecule has 1 unspecified atom stereocenters. The summed E-state index contributed by atoms with van der Waals surface area (Å²) in [7, 11) is 0. The van der Waals surface area contributed by atoms with Crippen molar-refractivity contribution >= 4 is 27.8 Å². The molecule has 4 nitrogen and oxygen atoms in total. The predicted molar refractivity (Wildman–Crippen MR) is 85.2 cm³/mol. The Hall–Kier alpha value is -1.07. The van der Waals surface area contributed by atoms with Gasteiger partial charge in [-0.1, -0.05) is 0 Å². The number of thiophene rings is 1. The van der Waals surface area contributed by atoms with Gasteiger partial charge in [0.05, 0.1) is 21.2 Å². The van der Waals surface area contributed by atoms with Crippen molar-refractivity contribution in [2.45, 2.75) is 50.5 Å². The van der Waals surface area contributed by atoms with E-state index >= 15 is 0 Å². The van der Waals surface area contributed by atoms with Crippen molar-refractivity contribution in [2.75, 3.05) is 23.7 Å². The molecule has 3 fully saturated rings. The summed E-state index contributed by atoms with van der Waals surface area (Å²) in [5.41, 5.74) is 7.66. The van der Waals surface area contributed by atoms with E-state index < -0.39 is 5.60 Å². The van der Waals surface area contributed by atoms with Gasteiger partial charge < -0.3 is 15.7 Å². The number of rotatable bonds is 4. The highest BCUT2D eigenvalue weighted by Crippen LogP contribution is 2.53. The SMILES string of the molecule is CC1(O)CCN(c2sc(C(=O)C3CC3)c(N)c2C2CC2)C1. The zero-order chi connectivity index (χ0) is 14.8. The molecule has 0 bridgehead atoms. The van der Waals surface area contributed by atoms with Gasteiger partial charge in [-0.3, -0.25) is 4.79 Å². The lowest BCUT2D eigenvalue weighted by molar-refractivity contribution is 0.0839. The normalized spacial score (nSPS) is 29.1. The van der Waals surface area contributed by atoms with Gasteiger partial charge in [-0.05, 0) is 44.9 Å². The zero-order valence-corrected chi connectivity index (χ0v) is 13.2. The van der Waals surface area contributed by atoms with E-state index in [0.29, 0.717) is 12.5 Å². The van der Waals surface area contributed by atoms with Gasteiger partial charge >= 0.3 is 0 Å². The molecule has 1 aliphatic heterocycles. The average Bonchev–Trinajstić information content (AvgIpc) is 3.32. The molecule has 21 heavy (non-hydrogen) atoms. The van der Waals surface area contributed by atoms with Gasteiger partial charge in [0, 0.05) is 24.6 Å². The number of carbonyl (C=O) groups is 1. The molecule has 1 saturated heterocycles. The maximum Gasteiger partial charge on any atom is 0.178 e. The molecular weight excluding hydrogens is 284 g/mol. The zero-order valence-electron chi connectivity index (χ0n) is 12.4. The summed E-state index contributed by atoms with van der Waals surface area (Å²) in [5.74, 6) is 0.992. The van der Waals surface area contributed by atoms with Crippen LogP contribution in [0.1, 0.15) is 60.2 Å². The summed E-state index contributed by atoms with van der Waals surface area (Å²) >= 11 is 1.57. The molecular formula is C16H22N2O2S. The third-order valence-electron chi connectivity index (χ3n) is 4.86. The number of carbonyl (C=O) groups excluding carboxylic acids is 1. The molecule has 4 rings (SSSR count). The first-order chi connectivity index (χ1) is 9.96. The summed E-state index contributed by atoms with van der Waals surface area (Å²) < 4.78 is 0. The van der Waals surface area contributed by atoms with Crippen LogP contribution in [0.4, 0.5) is 10.7 Å². The van der Waals surface area contributed by atoms with Crippen LogP contribution in [0.25, 0.3) is 0 Å². The highest BCUT2D eigenvalue weighted by molar-refractivity contribution is 7.19. The summed E-state index contributed by atoms with van der Waals surface area (Å²) in [6.45, 7) is 3.38. The average molecular weight is 306 g/mol. The number of ketones is 1. The van der Waals surface area contributed by atoms with Crippen molar-refractivity contribution in [1.29, 1.82) is 0 Å². The molecule has 3 N–H and O–H groups in total. The highest BCUT2D eigenvalue weighted by atomic mass is 32.1. The van der Waals surface area contributed by atoms with Crippen LogP contribution >= 0.6 is 11.3 Å². The fraction of sp³-hybridized carbons (Fsp3) is 0.688. The number of anilines is 2. The van der Waals surface area contributed by atoms with E-state index in [1.807, 2.05) is 6.92 Å². The smallest absolute Gasteiger partial charge is 0.178 e. The predicted octanol–water partition coefficient (Wildman–Crippen LogP) is 2.76. The standard InChI is InChI=1S/C16H22N2O2S/c1-16(20)6-7-18(8-16)15-11(9-2-3-9)12(17)14(21-15)13(19)10-4-5-10/h9-10,20H,2-8,17H2,1H3. The third-order valence-corrected chi connectivity index (χ3v) is 6.16. The molecule has 0 aromatic carbocycles. The van der Waals surface area contributed by atoms with E-state index in [4.69, 9.17) is 5.73 Å². The van der Waals surface area contributed by atoms with Crippen molar-refractivity contribution < 1.29 is 9.90 Å². The quantitative estimate of drug-likeness (QED) is 0.839. The summed E-state index contributed by atoms with van der Waals surface area (Å²) in [4.78, 5) is 15.5. The van der Waals surface area contributed by atoms with E-state index in [0.717, 1.165) is 41.4 Å². The number of β-amino-alcohol motifs (C(OH)–C–C–N with tert-alkyl or cyclic N) is 1. The van der Waals surface area contributed by atoms with Gasteiger partial charge in [0.2, 0.25) is 0 Å². The number of nitrogens with zero attached hydrogens (tertiary/aromatic N) is 1. The van der Waals surface area contributed by atoms with Crippen molar-refractivity contribution in [3.05, 3.63) is 10.4 Å². The lowest BCUT2D eigenvalue weighted by Gasteiger charge is -2.20. The van der Waals surface area contributed by atoms with Crippen molar-refractivity contribution in [3.63, 3.8) is 0 Å². The summed E-state index contributed by atoms with van der Waals surface area (Å²) in [5, 5.41) is 11.4. The fourth-order valence-electron chi connectivity index (χ4n) is 3.28. The summed E-state index contributed by atoms with van der Waals surface area (Å²) in [6, 6.07) is 0. The monoisotopic (exact) mass is 306 g/mol. The van der Waals surface area contributed by atoms with E-state index in [-0.39, 0.29) is 11.7 Å². The van der Waals surface area contributed by atoms with Gasteiger partial charge in [0.1, 0.15) is 0 Å². The van der Waals surface area contributed by atoms with Crippen LogP contribution in [0.5, 0.6) is 0 Å².